The third kappa shape index (κ3) is 1.94. The van der Waals surface area contributed by atoms with Crippen molar-refractivity contribution in [3.63, 3.8) is 0 Å². The normalized spacial score (nSPS) is 16.8. The summed E-state index contributed by atoms with van der Waals surface area (Å²) >= 11 is 5.92. The molecule has 0 amide bonds. The van der Waals surface area contributed by atoms with E-state index in [1.807, 2.05) is 19.1 Å². The van der Waals surface area contributed by atoms with E-state index in [0.29, 0.717) is 11.3 Å². The molecular formula is C10H12ClNO. The van der Waals surface area contributed by atoms with Crippen LogP contribution in [0.3, 0.4) is 0 Å². The first-order valence-corrected chi connectivity index (χ1v) is 4.93. The predicted molar refractivity (Wildman–Crippen MR) is 52.3 cm³/mol. The summed E-state index contributed by atoms with van der Waals surface area (Å²) in [7, 11) is 0. The minimum atomic E-state index is 0.363. The number of hydrogen-bond acceptors (Lipinski definition) is 2. The van der Waals surface area contributed by atoms with E-state index >= 15 is 0 Å². The van der Waals surface area contributed by atoms with Crippen LogP contribution in [-0.4, -0.2) is 11.1 Å². The molecule has 0 atom stereocenters. The minimum absolute atomic E-state index is 0.363. The first-order valence-electron chi connectivity index (χ1n) is 4.55. The van der Waals surface area contributed by atoms with Crippen molar-refractivity contribution in [2.45, 2.75) is 32.3 Å². The molecule has 0 bridgehead atoms. The number of halogens is 1. The SMILES string of the molecule is Cc1ccc(OC2CCC2)c(Cl)n1. The second kappa shape index (κ2) is 3.54. The van der Waals surface area contributed by atoms with E-state index in [4.69, 9.17) is 16.3 Å². The van der Waals surface area contributed by atoms with Crippen molar-refractivity contribution in [2.75, 3.05) is 0 Å². The number of hydrogen-bond donors (Lipinski definition) is 0. The Morgan fingerprint density at radius 2 is 2.23 bits per heavy atom. The van der Waals surface area contributed by atoms with Crippen molar-refractivity contribution in [1.82, 2.24) is 4.98 Å². The van der Waals surface area contributed by atoms with E-state index < -0.39 is 0 Å². The van der Waals surface area contributed by atoms with Gasteiger partial charge in [0.2, 0.25) is 0 Å². The molecule has 3 heteroatoms. The molecule has 1 fully saturated rings. The van der Waals surface area contributed by atoms with Crippen molar-refractivity contribution < 1.29 is 4.74 Å². The molecule has 1 aliphatic carbocycles. The molecule has 2 rings (SSSR count). The highest BCUT2D eigenvalue weighted by molar-refractivity contribution is 6.30. The van der Waals surface area contributed by atoms with Crippen molar-refractivity contribution in [3.8, 4) is 5.75 Å². The maximum Gasteiger partial charge on any atom is 0.171 e. The molecule has 1 aromatic heterocycles. The van der Waals surface area contributed by atoms with Crippen LogP contribution in [0.5, 0.6) is 5.75 Å². The van der Waals surface area contributed by atoms with Crippen molar-refractivity contribution in [3.05, 3.63) is 23.0 Å². The van der Waals surface area contributed by atoms with Crippen LogP contribution in [0.4, 0.5) is 0 Å². The van der Waals surface area contributed by atoms with Crippen LogP contribution in [0.25, 0.3) is 0 Å². The van der Waals surface area contributed by atoms with Crippen molar-refractivity contribution >= 4 is 11.6 Å². The van der Waals surface area contributed by atoms with Gasteiger partial charge in [-0.15, -0.1) is 0 Å². The zero-order chi connectivity index (χ0) is 9.26. The zero-order valence-corrected chi connectivity index (χ0v) is 8.34. The Morgan fingerprint density at radius 1 is 1.46 bits per heavy atom. The fraction of sp³-hybridized carbons (Fsp3) is 0.500. The molecule has 0 aromatic carbocycles. The maximum absolute atomic E-state index is 5.92. The Hall–Kier alpha value is -0.760. The van der Waals surface area contributed by atoms with E-state index in [1.54, 1.807) is 0 Å². The number of pyridine rings is 1. The molecule has 0 unspecified atom stereocenters. The molecule has 0 aliphatic heterocycles. The third-order valence-corrected chi connectivity index (χ3v) is 2.57. The molecule has 70 valence electrons. The molecular weight excluding hydrogens is 186 g/mol. The summed E-state index contributed by atoms with van der Waals surface area (Å²) in [6, 6.07) is 3.81. The first kappa shape index (κ1) is 8.82. The summed E-state index contributed by atoms with van der Waals surface area (Å²) in [6.45, 7) is 1.92. The highest BCUT2D eigenvalue weighted by atomic mass is 35.5. The largest absolute Gasteiger partial charge is 0.487 e. The van der Waals surface area contributed by atoms with Crippen LogP contribution in [0.2, 0.25) is 5.15 Å². The summed E-state index contributed by atoms with van der Waals surface area (Å²) < 4.78 is 5.64. The van der Waals surface area contributed by atoms with Crippen LogP contribution in [0.15, 0.2) is 12.1 Å². The minimum Gasteiger partial charge on any atom is -0.487 e. The Bertz CT molecular complexity index is 310. The van der Waals surface area contributed by atoms with Gasteiger partial charge in [0.25, 0.3) is 0 Å². The lowest BCUT2D eigenvalue weighted by Gasteiger charge is -2.26. The van der Waals surface area contributed by atoms with Crippen LogP contribution in [0.1, 0.15) is 25.0 Å². The molecule has 0 spiro atoms. The summed E-state index contributed by atoms with van der Waals surface area (Å²) in [5.74, 6) is 0.719. The van der Waals surface area contributed by atoms with E-state index in [-0.39, 0.29) is 0 Å². The highest BCUT2D eigenvalue weighted by Crippen LogP contribution is 2.29. The van der Waals surface area contributed by atoms with Gasteiger partial charge in [0.1, 0.15) is 0 Å². The molecule has 0 saturated heterocycles. The van der Waals surface area contributed by atoms with Crippen molar-refractivity contribution in [2.24, 2.45) is 0 Å². The molecule has 1 aromatic rings. The lowest BCUT2D eigenvalue weighted by molar-refractivity contribution is 0.120. The molecule has 0 N–H and O–H groups in total. The zero-order valence-electron chi connectivity index (χ0n) is 7.59. The summed E-state index contributed by atoms with van der Waals surface area (Å²) in [5, 5.41) is 0.479. The average Bonchev–Trinajstić information content (AvgIpc) is 1.99. The van der Waals surface area contributed by atoms with Gasteiger partial charge in [-0.3, -0.25) is 0 Å². The van der Waals surface area contributed by atoms with E-state index in [9.17, 15) is 0 Å². The Balaban J connectivity index is 2.10. The van der Waals surface area contributed by atoms with Gasteiger partial charge in [-0.05, 0) is 38.3 Å². The van der Waals surface area contributed by atoms with Gasteiger partial charge in [0, 0.05) is 5.69 Å². The van der Waals surface area contributed by atoms with E-state index in [2.05, 4.69) is 4.98 Å². The van der Waals surface area contributed by atoms with Crippen molar-refractivity contribution in [1.29, 1.82) is 0 Å². The van der Waals surface area contributed by atoms with Gasteiger partial charge < -0.3 is 4.74 Å². The first-order chi connectivity index (χ1) is 6.25. The predicted octanol–water partition coefficient (Wildman–Crippen LogP) is 2.97. The second-order valence-electron chi connectivity index (χ2n) is 3.41. The van der Waals surface area contributed by atoms with Gasteiger partial charge in [0.15, 0.2) is 10.9 Å². The summed E-state index contributed by atoms with van der Waals surface area (Å²) in [6.07, 6.45) is 3.91. The molecule has 1 saturated carbocycles. The Kier molecular flexibility index (Phi) is 2.40. The summed E-state index contributed by atoms with van der Waals surface area (Å²) in [5.41, 5.74) is 0.922. The van der Waals surface area contributed by atoms with E-state index in [0.717, 1.165) is 24.3 Å². The molecule has 1 aliphatic rings. The maximum atomic E-state index is 5.92. The van der Waals surface area contributed by atoms with Crippen LogP contribution in [0, 0.1) is 6.92 Å². The third-order valence-electron chi connectivity index (χ3n) is 2.30. The van der Waals surface area contributed by atoms with Gasteiger partial charge in [-0.2, -0.15) is 0 Å². The molecule has 0 radical (unpaired) electrons. The molecule has 2 nitrogen and oxygen atoms in total. The Labute approximate surface area is 82.9 Å². The monoisotopic (exact) mass is 197 g/mol. The topological polar surface area (TPSA) is 22.1 Å². The number of rotatable bonds is 2. The van der Waals surface area contributed by atoms with Gasteiger partial charge in [-0.1, -0.05) is 11.6 Å². The number of nitrogens with zero attached hydrogens (tertiary/aromatic N) is 1. The lowest BCUT2D eigenvalue weighted by Crippen LogP contribution is -2.24. The van der Waals surface area contributed by atoms with Crippen LogP contribution < -0.4 is 4.74 Å². The average molecular weight is 198 g/mol. The fourth-order valence-electron chi connectivity index (χ4n) is 1.27. The van der Waals surface area contributed by atoms with Gasteiger partial charge in [-0.25, -0.2) is 4.98 Å². The smallest absolute Gasteiger partial charge is 0.171 e. The molecule has 1 heterocycles. The van der Waals surface area contributed by atoms with Gasteiger partial charge >= 0.3 is 0 Å². The van der Waals surface area contributed by atoms with Crippen LogP contribution in [-0.2, 0) is 0 Å². The highest BCUT2D eigenvalue weighted by Gasteiger charge is 2.20. The van der Waals surface area contributed by atoms with E-state index in [1.165, 1.54) is 6.42 Å². The molecule has 13 heavy (non-hydrogen) atoms. The lowest BCUT2D eigenvalue weighted by atomic mass is 9.96. The quantitative estimate of drug-likeness (QED) is 0.681. The Morgan fingerprint density at radius 3 is 2.77 bits per heavy atom. The van der Waals surface area contributed by atoms with Gasteiger partial charge in [0.05, 0.1) is 6.10 Å². The number of ether oxygens (including phenoxy) is 1. The second-order valence-corrected chi connectivity index (χ2v) is 3.77. The number of aryl methyl sites for hydroxylation is 1. The summed E-state index contributed by atoms with van der Waals surface area (Å²) in [4.78, 5) is 4.13. The van der Waals surface area contributed by atoms with Crippen LogP contribution >= 0.6 is 11.6 Å². The fourth-order valence-corrected chi connectivity index (χ4v) is 1.51. The number of aromatic nitrogens is 1. The standard InChI is InChI=1S/C10H12ClNO/c1-7-5-6-9(10(11)12-7)13-8-3-2-4-8/h5-6,8H,2-4H2,1H3.